The lowest BCUT2D eigenvalue weighted by atomic mass is 10.1. The summed E-state index contributed by atoms with van der Waals surface area (Å²) in [5, 5.41) is 16.9. The number of benzene rings is 1. The number of nitrogens with one attached hydrogen (secondary N) is 2. The van der Waals surface area contributed by atoms with E-state index in [4.69, 9.17) is 14.2 Å². The van der Waals surface area contributed by atoms with Crippen LogP contribution in [0.2, 0.25) is 0 Å². The van der Waals surface area contributed by atoms with Gasteiger partial charge in [0.2, 0.25) is 0 Å². The van der Waals surface area contributed by atoms with Crippen molar-refractivity contribution in [1.29, 1.82) is 0 Å². The first kappa shape index (κ1) is 23.4. The van der Waals surface area contributed by atoms with Crippen molar-refractivity contribution in [3.63, 3.8) is 0 Å². The standard InChI is InChI=1S/C22H37N3O4/c1-4-23-22(24-12-6-13-27-16-20-7-5-14-28-20)25-15-21(26)18-8-10-19(11-9-18)29-17(2)3/h8-11,17,20-21,26H,4-7,12-16H2,1-3H3,(H2,23,24,25). The molecular weight excluding hydrogens is 370 g/mol. The monoisotopic (exact) mass is 407 g/mol. The van der Waals surface area contributed by atoms with Gasteiger partial charge in [-0.25, -0.2) is 0 Å². The summed E-state index contributed by atoms with van der Waals surface area (Å²) < 4.78 is 16.9. The molecule has 1 aliphatic heterocycles. The molecule has 1 saturated heterocycles. The van der Waals surface area contributed by atoms with E-state index in [0.29, 0.717) is 19.2 Å². The minimum Gasteiger partial charge on any atom is -0.491 e. The van der Waals surface area contributed by atoms with Crippen molar-refractivity contribution in [2.75, 3.05) is 39.5 Å². The molecule has 0 saturated carbocycles. The van der Waals surface area contributed by atoms with Gasteiger partial charge in [-0.05, 0) is 57.7 Å². The first-order valence-corrected chi connectivity index (χ1v) is 10.7. The van der Waals surface area contributed by atoms with Crippen LogP contribution in [-0.4, -0.2) is 62.7 Å². The summed E-state index contributed by atoms with van der Waals surface area (Å²) in [7, 11) is 0. The van der Waals surface area contributed by atoms with Crippen molar-refractivity contribution in [1.82, 2.24) is 10.6 Å². The maximum absolute atomic E-state index is 10.4. The Morgan fingerprint density at radius 1 is 1.28 bits per heavy atom. The van der Waals surface area contributed by atoms with E-state index in [1.165, 1.54) is 0 Å². The van der Waals surface area contributed by atoms with Crippen LogP contribution >= 0.6 is 0 Å². The third-order valence-corrected chi connectivity index (χ3v) is 4.49. The van der Waals surface area contributed by atoms with Crippen LogP contribution in [0.5, 0.6) is 5.75 Å². The number of hydrogen-bond donors (Lipinski definition) is 3. The molecule has 1 aromatic rings. The van der Waals surface area contributed by atoms with Gasteiger partial charge in [-0.15, -0.1) is 0 Å². The van der Waals surface area contributed by atoms with Crippen LogP contribution in [0, 0.1) is 0 Å². The quantitative estimate of drug-likeness (QED) is 0.281. The summed E-state index contributed by atoms with van der Waals surface area (Å²) in [6, 6.07) is 7.51. The molecule has 2 atom stereocenters. The summed E-state index contributed by atoms with van der Waals surface area (Å²) in [6.45, 7) is 10.0. The Labute approximate surface area is 174 Å². The molecule has 0 spiro atoms. The Bertz CT molecular complexity index is 586. The zero-order valence-electron chi connectivity index (χ0n) is 18.0. The van der Waals surface area contributed by atoms with Gasteiger partial charge in [0.25, 0.3) is 0 Å². The van der Waals surface area contributed by atoms with Crippen LogP contribution in [0.15, 0.2) is 29.3 Å². The average Bonchev–Trinajstić information content (AvgIpc) is 3.22. The fourth-order valence-electron chi connectivity index (χ4n) is 3.04. The second kappa shape index (κ2) is 13.4. The van der Waals surface area contributed by atoms with Crippen LogP contribution in [0.3, 0.4) is 0 Å². The highest BCUT2D eigenvalue weighted by atomic mass is 16.5. The van der Waals surface area contributed by atoms with E-state index in [1.54, 1.807) is 0 Å². The lowest BCUT2D eigenvalue weighted by molar-refractivity contribution is 0.0168. The van der Waals surface area contributed by atoms with E-state index in [2.05, 4.69) is 15.6 Å². The third kappa shape index (κ3) is 9.47. The van der Waals surface area contributed by atoms with Gasteiger partial charge in [-0.3, -0.25) is 4.99 Å². The van der Waals surface area contributed by atoms with Gasteiger partial charge in [-0.2, -0.15) is 0 Å². The molecule has 2 unspecified atom stereocenters. The van der Waals surface area contributed by atoms with Crippen LogP contribution in [0.4, 0.5) is 0 Å². The Morgan fingerprint density at radius 3 is 2.72 bits per heavy atom. The molecular formula is C22H37N3O4. The molecule has 164 valence electrons. The van der Waals surface area contributed by atoms with E-state index < -0.39 is 6.10 Å². The molecule has 3 N–H and O–H groups in total. The summed E-state index contributed by atoms with van der Waals surface area (Å²) in [6.07, 6.45) is 2.87. The summed E-state index contributed by atoms with van der Waals surface area (Å²) in [5.41, 5.74) is 0.822. The fourth-order valence-corrected chi connectivity index (χ4v) is 3.04. The Hall–Kier alpha value is -1.83. The minimum absolute atomic E-state index is 0.130. The molecule has 0 amide bonds. The molecule has 0 radical (unpaired) electrons. The van der Waals surface area contributed by atoms with Crippen LogP contribution in [0.1, 0.15) is 51.7 Å². The van der Waals surface area contributed by atoms with E-state index in [0.717, 1.165) is 50.3 Å². The number of ether oxygens (including phenoxy) is 3. The van der Waals surface area contributed by atoms with Crippen LogP contribution in [0.25, 0.3) is 0 Å². The second-order valence-electron chi connectivity index (χ2n) is 7.46. The normalized spacial score (nSPS) is 18.1. The molecule has 7 nitrogen and oxygen atoms in total. The average molecular weight is 408 g/mol. The van der Waals surface area contributed by atoms with Gasteiger partial charge >= 0.3 is 0 Å². The van der Waals surface area contributed by atoms with E-state index in [9.17, 15) is 5.11 Å². The Morgan fingerprint density at radius 2 is 2.07 bits per heavy atom. The molecule has 2 rings (SSSR count). The summed E-state index contributed by atoms with van der Waals surface area (Å²) in [4.78, 5) is 4.49. The maximum Gasteiger partial charge on any atom is 0.191 e. The van der Waals surface area contributed by atoms with Crippen molar-refractivity contribution < 1.29 is 19.3 Å². The molecule has 0 bridgehead atoms. The van der Waals surface area contributed by atoms with Gasteiger partial charge in [-0.1, -0.05) is 12.1 Å². The lowest BCUT2D eigenvalue weighted by Gasteiger charge is -2.15. The summed E-state index contributed by atoms with van der Waals surface area (Å²) >= 11 is 0. The van der Waals surface area contributed by atoms with Crippen LogP contribution < -0.4 is 15.4 Å². The van der Waals surface area contributed by atoms with E-state index >= 15 is 0 Å². The Kier molecular flexibility index (Phi) is 10.8. The fraction of sp³-hybridized carbons (Fsp3) is 0.682. The number of aliphatic hydroxyl groups is 1. The van der Waals surface area contributed by atoms with Gasteiger partial charge in [0.1, 0.15) is 5.75 Å². The van der Waals surface area contributed by atoms with Crippen molar-refractivity contribution in [3.8, 4) is 5.75 Å². The first-order valence-electron chi connectivity index (χ1n) is 10.7. The SMILES string of the molecule is CCNC(=NCC(O)c1ccc(OC(C)C)cc1)NCCCOCC1CCCO1. The number of guanidine groups is 1. The molecule has 0 aromatic heterocycles. The van der Waals surface area contributed by atoms with Crippen molar-refractivity contribution in [2.45, 2.75) is 58.3 Å². The highest BCUT2D eigenvalue weighted by Gasteiger charge is 2.15. The highest BCUT2D eigenvalue weighted by Crippen LogP contribution is 2.19. The molecule has 29 heavy (non-hydrogen) atoms. The summed E-state index contributed by atoms with van der Waals surface area (Å²) in [5.74, 6) is 1.50. The van der Waals surface area contributed by atoms with Gasteiger partial charge in [0, 0.05) is 26.3 Å². The van der Waals surface area contributed by atoms with Crippen LogP contribution in [-0.2, 0) is 9.47 Å². The largest absolute Gasteiger partial charge is 0.491 e. The van der Waals surface area contributed by atoms with Gasteiger partial charge in [0.15, 0.2) is 5.96 Å². The lowest BCUT2D eigenvalue weighted by Crippen LogP contribution is -2.38. The first-order chi connectivity index (χ1) is 14.1. The molecule has 1 fully saturated rings. The molecule has 7 heteroatoms. The molecule has 1 heterocycles. The van der Waals surface area contributed by atoms with E-state index in [1.807, 2.05) is 45.0 Å². The number of aliphatic imine (C=N–C) groups is 1. The van der Waals surface area contributed by atoms with Crippen molar-refractivity contribution in [2.24, 2.45) is 4.99 Å². The minimum atomic E-state index is -0.659. The number of nitrogens with zero attached hydrogens (tertiary/aromatic N) is 1. The van der Waals surface area contributed by atoms with Crippen molar-refractivity contribution >= 4 is 5.96 Å². The smallest absolute Gasteiger partial charge is 0.191 e. The molecule has 1 aromatic carbocycles. The number of aliphatic hydroxyl groups excluding tert-OH is 1. The number of hydrogen-bond acceptors (Lipinski definition) is 5. The highest BCUT2D eigenvalue weighted by molar-refractivity contribution is 5.79. The van der Waals surface area contributed by atoms with Crippen molar-refractivity contribution in [3.05, 3.63) is 29.8 Å². The zero-order valence-corrected chi connectivity index (χ0v) is 18.0. The Balaban J connectivity index is 1.69. The third-order valence-electron chi connectivity index (χ3n) is 4.49. The van der Waals surface area contributed by atoms with Gasteiger partial charge in [0.05, 0.1) is 31.5 Å². The number of rotatable bonds is 12. The second-order valence-corrected chi connectivity index (χ2v) is 7.46. The zero-order chi connectivity index (χ0) is 20.9. The molecule has 1 aliphatic rings. The van der Waals surface area contributed by atoms with Gasteiger partial charge < -0.3 is 30.0 Å². The topological polar surface area (TPSA) is 84.3 Å². The molecule has 0 aliphatic carbocycles. The predicted octanol–water partition coefficient (Wildman–Crippen LogP) is 2.65. The predicted molar refractivity (Wildman–Crippen MR) is 116 cm³/mol. The van der Waals surface area contributed by atoms with E-state index in [-0.39, 0.29) is 18.8 Å². The maximum atomic E-state index is 10.4.